The molecule has 5 N–H and O–H groups in total. The molecule has 0 spiro atoms. The Morgan fingerprint density at radius 3 is 2.47 bits per heavy atom. The van der Waals surface area contributed by atoms with Crippen LogP contribution in [0.4, 0.5) is 0 Å². The number of nitrogens with two attached hydrogens (primary N) is 2. The van der Waals surface area contributed by atoms with Gasteiger partial charge in [-0.25, -0.2) is 0 Å². The summed E-state index contributed by atoms with van der Waals surface area (Å²) in [6, 6.07) is 3.39. The van der Waals surface area contributed by atoms with Crippen LogP contribution in [0.1, 0.15) is 42.0 Å². The Hall–Kier alpha value is -1.82. The second-order valence-electron chi connectivity index (χ2n) is 4.89. The van der Waals surface area contributed by atoms with Crippen LogP contribution in [0.25, 0.3) is 0 Å². The van der Waals surface area contributed by atoms with Gasteiger partial charge in [0.15, 0.2) is 5.76 Å². The number of hydrogen-bond donors (Lipinski definition) is 3. The minimum atomic E-state index is -0.247. The van der Waals surface area contributed by atoms with E-state index >= 15 is 0 Å². The molecule has 6 heteroatoms. The van der Waals surface area contributed by atoms with Gasteiger partial charge in [0.25, 0.3) is 5.91 Å². The van der Waals surface area contributed by atoms with Gasteiger partial charge in [0.05, 0.1) is 6.54 Å². The minimum absolute atomic E-state index is 0.0550. The monoisotopic (exact) mass is 265 g/mol. The first-order valence-corrected chi connectivity index (χ1v) is 6.49. The van der Waals surface area contributed by atoms with Gasteiger partial charge in [0.2, 0.25) is 5.91 Å². The number of nitrogens with one attached hydrogen (secondary N) is 1. The predicted molar refractivity (Wildman–Crippen MR) is 69.0 cm³/mol. The topological polar surface area (TPSA) is 111 Å². The van der Waals surface area contributed by atoms with Gasteiger partial charge in [-0.1, -0.05) is 0 Å². The zero-order valence-electron chi connectivity index (χ0n) is 10.7. The van der Waals surface area contributed by atoms with Crippen molar-refractivity contribution >= 4 is 11.8 Å². The predicted octanol–water partition coefficient (Wildman–Crippen LogP) is 0.512. The zero-order chi connectivity index (χ0) is 13.8. The normalized spacial score (nSPS) is 23.0. The van der Waals surface area contributed by atoms with Gasteiger partial charge < -0.3 is 21.2 Å². The summed E-state index contributed by atoms with van der Waals surface area (Å²) >= 11 is 0. The molecule has 0 unspecified atom stereocenters. The largest absolute Gasteiger partial charge is 0.455 e. The summed E-state index contributed by atoms with van der Waals surface area (Å²) in [6.45, 7) is 0.275. The van der Waals surface area contributed by atoms with Crippen molar-refractivity contribution in [3.05, 3.63) is 23.7 Å². The van der Waals surface area contributed by atoms with E-state index < -0.39 is 0 Å². The van der Waals surface area contributed by atoms with Crippen LogP contribution >= 0.6 is 0 Å². The number of hydrogen-bond acceptors (Lipinski definition) is 4. The van der Waals surface area contributed by atoms with Crippen LogP contribution in [0.5, 0.6) is 0 Å². The van der Waals surface area contributed by atoms with Crippen LogP contribution in [0, 0.1) is 5.92 Å². The van der Waals surface area contributed by atoms with E-state index in [2.05, 4.69) is 5.32 Å². The first kappa shape index (κ1) is 13.6. The van der Waals surface area contributed by atoms with Gasteiger partial charge in [-0.3, -0.25) is 9.59 Å². The highest BCUT2D eigenvalue weighted by Gasteiger charge is 2.26. The molecule has 1 aromatic rings. The molecule has 0 radical (unpaired) electrons. The van der Waals surface area contributed by atoms with E-state index in [0.29, 0.717) is 5.76 Å². The highest BCUT2D eigenvalue weighted by Crippen LogP contribution is 2.24. The van der Waals surface area contributed by atoms with Crippen molar-refractivity contribution in [3.8, 4) is 0 Å². The number of rotatable bonds is 4. The summed E-state index contributed by atoms with van der Waals surface area (Å²) in [6.07, 6.45) is 2.99. The summed E-state index contributed by atoms with van der Waals surface area (Å²) in [5.74, 6) is 0.325. The third-order valence-corrected chi connectivity index (χ3v) is 3.55. The first-order valence-electron chi connectivity index (χ1n) is 6.49. The Kier molecular flexibility index (Phi) is 4.21. The number of carbonyl (C=O) groups is 2. The van der Waals surface area contributed by atoms with Crippen LogP contribution in [0.3, 0.4) is 0 Å². The van der Waals surface area contributed by atoms with Crippen LogP contribution in [-0.4, -0.2) is 17.9 Å². The fourth-order valence-corrected chi connectivity index (χ4v) is 2.39. The second-order valence-corrected chi connectivity index (χ2v) is 4.89. The molecule has 1 fully saturated rings. The summed E-state index contributed by atoms with van der Waals surface area (Å²) in [5, 5.41) is 2.91. The molecule has 2 rings (SSSR count). The van der Waals surface area contributed by atoms with Crippen molar-refractivity contribution < 1.29 is 14.0 Å². The lowest BCUT2D eigenvalue weighted by Gasteiger charge is -2.26. The molecule has 1 aliphatic carbocycles. The average Bonchev–Trinajstić information content (AvgIpc) is 2.88. The summed E-state index contributed by atoms with van der Waals surface area (Å²) in [7, 11) is 0. The Labute approximate surface area is 111 Å². The van der Waals surface area contributed by atoms with Gasteiger partial charge in [-0.2, -0.15) is 0 Å². The Bertz CT molecular complexity index is 461. The van der Waals surface area contributed by atoms with Crippen LogP contribution in [-0.2, 0) is 11.3 Å². The van der Waals surface area contributed by atoms with Gasteiger partial charge in [-0.05, 0) is 37.8 Å². The van der Waals surface area contributed by atoms with E-state index in [9.17, 15) is 9.59 Å². The van der Waals surface area contributed by atoms with Gasteiger partial charge in [-0.15, -0.1) is 0 Å². The van der Waals surface area contributed by atoms with Crippen molar-refractivity contribution in [1.82, 2.24) is 5.32 Å². The molecule has 0 aromatic carbocycles. The third kappa shape index (κ3) is 3.35. The van der Waals surface area contributed by atoms with Crippen molar-refractivity contribution in [2.45, 2.75) is 38.3 Å². The molecule has 104 valence electrons. The molecule has 19 heavy (non-hydrogen) atoms. The van der Waals surface area contributed by atoms with Crippen LogP contribution in [0.15, 0.2) is 16.5 Å². The highest BCUT2D eigenvalue weighted by molar-refractivity contribution is 5.91. The van der Waals surface area contributed by atoms with E-state index in [-0.39, 0.29) is 36.1 Å². The van der Waals surface area contributed by atoms with Crippen LogP contribution in [0.2, 0.25) is 0 Å². The first-order chi connectivity index (χ1) is 9.10. The lowest BCUT2D eigenvalue weighted by atomic mass is 9.85. The molecule has 1 aliphatic rings. The lowest BCUT2D eigenvalue weighted by Crippen LogP contribution is -2.39. The van der Waals surface area contributed by atoms with Crippen LogP contribution < -0.4 is 16.8 Å². The van der Waals surface area contributed by atoms with E-state index in [1.165, 1.54) is 0 Å². The van der Waals surface area contributed by atoms with Gasteiger partial charge >= 0.3 is 0 Å². The summed E-state index contributed by atoms with van der Waals surface area (Å²) < 4.78 is 5.28. The van der Waals surface area contributed by atoms with Gasteiger partial charge in [0.1, 0.15) is 5.76 Å². The quantitative estimate of drug-likeness (QED) is 0.736. The third-order valence-electron chi connectivity index (χ3n) is 3.55. The van der Waals surface area contributed by atoms with E-state index in [4.69, 9.17) is 15.9 Å². The maximum atomic E-state index is 11.9. The smallest absolute Gasteiger partial charge is 0.287 e. The molecule has 1 heterocycles. The van der Waals surface area contributed by atoms with Gasteiger partial charge in [0, 0.05) is 12.0 Å². The molecule has 1 saturated carbocycles. The maximum absolute atomic E-state index is 11.9. The fourth-order valence-electron chi connectivity index (χ4n) is 2.39. The molecule has 0 aliphatic heterocycles. The number of primary amides is 1. The van der Waals surface area contributed by atoms with E-state index in [1.807, 2.05) is 0 Å². The van der Waals surface area contributed by atoms with E-state index in [0.717, 1.165) is 25.7 Å². The molecule has 0 saturated heterocycles. The number of amides is 2. The van der Waals surface area contributed by atoms with E-state index in [1.54, 1.807) is 12.1 Å². The molecule has 0 atom stereocenters. The Morgan fingerprint density at radius 1 is 1.26 bits per heavy atom. The highest BCUT2D eigenvalue weighted by atomic mass is 16.4. The molecule has 6 nitrogen and oxygen atoms in total. The molecule has 0 bridgehead atoms. The summed E-state index contributed by atoms with van der Waals surface area (Å²) in [5.41, 5.74) is 10.7. The van der Waals surface area contributed by atoms with Crippen molar-refractivity contribution in [3.63, 3.8) is 0 Å². The van der Waals surface area contributed by atoms with Crippen molar-refractivity contribution in [2.24, 2.45) is 17.4 Å². The maximum Gasteiger partial charge on any atom is 0.287 e. The van der Waals surface area contributed by atoms with Crippen molar-refractivity contribution in [2.75, 3.05) is 0 Å². The standard InChI is InChI=1S/C13H19N3O3/c14-7-10-5-6-11(19-10)13(18)16-9-3-1-8(2-4-9)12(15)17/h5-6,8-9H,1-4,7,14H2,(H2,15,17)(H,16,18). The molecule has 1 aromatic heterocycles. The zero-order valence-corrected chi connectivity index (χ0v) is 10.7. The molecule has 2 amide bonds. The summed E-state index contributed by atoms with van der Waals surface area (Å²) in [4.78, 5) is 23.0. The Balaban J connectivity index is 1.85. The number of carbonyl (C=O) groups excluding carboxylic acids is 2. The average molecular weight is 265 g/mol. The molecular weight excluding hydrogens is 246 g/mol. The second kappa shape index (κ2) is 5.88. The Morgan fingerprint density at radius 2 is 1.95 bits per heavy atom. The van der Waals surface area contributed by atoms with Crippen molar-refractivity contribution in [1.29, 1.82) is 0 Å². The molecular formula is C13H19N3O3. The lowest BCUT2D eigenvalue weighted by molar-refractivity contribution is -0.122. The fraction of sp³-hybridized carbons (Fsp3) is 0.538. The number of furan rings is 1. The minimum Gasteiger partial charge on any atom is -0.455 e. The SMILES string of the molecule is NCc1ccc(C(=O)NC2CCC(C(N)=O)CC2)o1.